The summed E-state index contributed by atoms with van der Waals surface area (Å²) in [6.45, 7) is 1.35. The average Bonchev–Trinajstić information content (AvgIpc) is 2.40. The molecule has 5 nitrogen and oxygen atoms in total. The summed E-state index contributed by atoms with van der Waals surface area (Å²) in [6, 6.07) is -1.84. The van der Waals surface area contributed by atoms with Gasteiger partial charge in [0.1, 0.15) is 0 Å². The first kappa shape index (κ1) is 18.0. The quantitative estimate of drug-likeness (QED) is 0.758. The van der Waals surface area contributed by atoms with E-state index in [4.69, 9.17) is 10.5 Å². The van der Waals surface area contributed by atoms with Crippen molar-refractivity contribution in [2.45, 2.75) is 57.5 Å². The zero-order valence-electron chi connectivity index (χ0n) is 12.1. The van der Waals surface area contributed by atoms with Gasteiger partial charge in [-0.05, 0) is 25.7 Å². The number of hydrogen-bond donors (Lipinski definition) is 2. The molecular formula is C13H23F3N2O3. The Morgan fingerprint density at radius 3 is 2.48 bits per heavy atom. The van der Waals surface area contributed by atoms with Crippen molar-refractivity contribution in [1.82, 2.24) is 5.32 Å². The number of urea groups is 1. The Morgan fingerprint density at radius 2 is 1.95 bits per heavy atom. The summed E-state index contributed by atoms with van der Waals surface area (Å²) in [4.78, 5) is 10.9. The molecule has 0 bridgehead atoms. The minimum atomic E-state index is -4.75. The molecule has 1 aliphatic carbocycles. The number of carbonyl (C=O) groups is 1. The van der Waals surface area contributed by atoms with Crippen LogP contribution in [-0.2, 0) is 9.47 Å². The number of amides is 2. The second-order valence-corrected chi connectivity index (χ2v) is 5.41. The van der Waals surface area contributed by atoms with Crippen LogP contribution in [0.5, 0.6) is 0 Å². The van der Waals surface area contributed by atoms with E-state index in [9.17, 15) is 18.0 Å². The molecule has 0 aromatic rings. The Morgan fingerprint density at radius 1 is 1.33 bits per heavy atom. The lowest BCUT2D eigenvalue weighted by Gasteiger charge is -2.28. The monoisotopic (exact) mass is 312 g/mol. The predicted molar refractivity (Wildman–Crippen MR) is 70.5 cm³/mol. The van der Waals surface area contributed by atoms with E-state index in [0.717, 1.165) is 25.7 Å². The molecule has 2 unspecified atom stereocenters. The number of ether oxygens (including phenoxy) is 2. The lowest BCUT2D eigenvalue weighted by molar-refractivity contribution is -0.327. The van der Waals surface area contributed by atoms with Crippen LogP contribution in [0.25, 0.3) is 0 Å². The number of carbonyl (C=O) groups excluding carboxylic acids is 1. The molecule has 124 valence electrons. The van der Waals surface area contributed by atoms with E-state index in [1.807, 2.05) is 0 Å². The van der Waals surface area contributed by atoms with E-state index < -0.39 is 31.1 Å². The molecule has 0 aromatic carbocycles. The second kappa shape index (κ2) is 8.43. The van der Waals surface area contributed by atoms with Gasteiger partial charge in [0.15, 0.2) is 0 Å². The van der Waals surface area contributed by atoms with Gasteiger partial charge in [-0.15, -0.1) is 13.2 Å². The standard InChI is InChI=1S/C13H23F3N2O3/c1-9(20-7-10-5-3-2-4-6-10)11(18-12(17)19)8-21-13(14,15)16/h9-11H,2-8H2,1H3,(H3,17,18,19). The van der Waals surface area contributed by atoms with Gasteiger partial charge in [-0.25, -0.2) is 4.79 Å². The van der Waals surface area contributed by atoms with Crippen molar-refractivity contribution in [2.24, 2.45) is 11.7 Å². The highest BCUT2D eigenvalue weighted by atomic mass is 19.4. The highest BCUT2D eigenvalue weighted by Gasteiger charge is 2.32. The van der Waals surface area contributed by atoms with Crippen LogP contribution < -0.4 is 11.1 Å². The molecular weight excluding hydrogens is 289 g/mol. The molecule has 0 aromatic heterocycles. The van der Waals surface area contributed by atoms with E-state index in [-0.39, 0.29) is 0 Å². The van der Waals surface area contributed by atoms with E-state index >= 15 is 0 Å². The van der Waals surface area contributed by atoms with E-state index in [1.165, 1.54) is 6.42 Å². The minimum absolute atomic E-state index is 0.430. The zero-order valence-corrected chi connectivity index (χ0v) is 12.1. The molecule has 0 radical (unpaired) electrons. The van der Waals surface area contributed by atoms with Crippen LogP contribution in [-0.4, -0.2) is 37.8 Å². The molecule has 0 aliphatic heterocycles. The van der Waals surface area contributed by atoms with Crippen LogP contribution in [0.2, 0.25) is 0 Å². The van der Waals surface area contributed by atoms with Crippen molar-refractivity contribution in [3.63, 3.8) is 0 Å². The van der Waals surface area contributed by atoms with Gasteiger partial charge in [0.05, 0.1) is 18.8 Å². The molecule has 1 fully saturated rings. The summed E-state index contributed by atoms with van der Waals surface area (Å²) in [5.41, 5.74) is 4.97. The summed E-state index contributed by atoms with van der Waals surface area (Å²) in [5.74, 6) is 0.430. The van der Waals surface area contributed by atoms with E-state index in [0.29, 0.717) is 12.5 Å². The first-order valence-electron chi connectivity index (χ1n) is 7.16. The van der Waals surface area contributed by atoms with Crippen molar-refractivity contribution < 1.29 is 27.4 Å². The maximum atomic E-state index is 12.1. The molecule has 0 saturated heterocycles. The number of alkyl halides is 3. The van der Waals surface area contributed by atoms with Gasteiger partial charge >= 0.3 is 12.4 Å². The van der Waals surface area contributed by atoms with Crippen molar-refractivity contribution in [1.29, 1.82) is 0 Å². The number of nitrogens with one attached hydrogen (secondary N) is 1. The minimum Gasteiger partial charge on any atom is -0.376 e. The van der Waals surface area contributed by atoms with Crippen molar-refractivity contribution in [2.75, 3.05) is 13.2 Å². The molecule has 2 atom stereocenters. The summed E-state index contributed by atoms with van der Waals surface area (Å²) in [6.07, 6.45) is 0.310. The third-order valence-corrected chi connectivity index (χ3v) is 3.64. The molecule has 1 rings (SSSR count). The largest absolute Gasteiger partial charge is 0.522 e. The fourth-order valence-corrected chi connectivity index (χ4v) is 2.42. The number of primary amides is 1. The Hall–Kier alpha value is -1.02. The topological polar surface area (TPSA) is 73.6 Å². The smallest absolute Gasteiger partial charge is 0.376 e. The number of halogens is 3. The molecule has 21 heavy (non-hydrogen) atoms. The summed E-state index contributed by atoms with van der Waals surface area (Å²) < 4.78 is 45.6. The lowest BCUT2D eigenvalue weighted by Crippen LogP contribution is -2.49. The average molecular weight is 312 g/mol. The Balaban J connectivity index is 2.41. The Labute approximate surface area is 122 Å². The molecule has 0 spiro atoms. The van der Waals surface area contributed by atoms with Crippen LogP contribution >= 0.6 is 0 Å². The summed E-state index contributed by atoms with van der Waals surface area (Å²) >= 11 is 0. The SMILES string of the molecule is CC(OCC1CCCCC1)C(COC(F)(F)F)NC(N)=O. The summed E-state index contributed by atoms with van der Waals surface area (Å²) in [5, 5.41) is 2.23. The molecule has 1 aliphatic rings. The van der Waals surface area contributed by atoms with E-state index in [2.05, 4.69) is 10.1 Å². The predicted octanol–water partition coefficient (Wildman–Crippen LogP) is 2.55. The maximum absolute atomic E-state index is 12.1. The second-order valence-electron chi connectivity index (χ2n) is 5.41. The van der Waals surface area contributed by atoms with Crippen molar-refractivity contribution >= 4 is 6.03 Å². The zero-order chi connectivity index (χ0) is 15.9. The first-order chi connectivity index (χ1) is 9.78. The van der Waals surface area contributed by atoms with Crippen LogP contribution in [0.4, 0.5) is 18.0 Å². The van der Waals surface area contributed by atoms with Gasteiger partial charge in [0.25, 0.3) is 0 Å². The molecule has 8 heteroatoms. The normalized spacial score (nSPS) is 20.0. The van der Waals surface area contributed by atoms with Crippen LogP contribution in [0.3, 0.4) is 0 Å². The highest BCUT2D eigenvalue weighted by Crippen LogP contribution is 2.24. The number of rotatable bonds is 7. The van der Waals surface area contributed by atoms with Gasteiger partial charge < -0.3 is 15.8 Å². The summed E-state index contributed by atoms with van der Waals surface area (Å²) in [7, 11) is 0. The number of nitrogens with two attached hydrogens (primary N) is 1. The molecule has 1 saturated carbocycles. The van der Waals surface area contributed by atoms with Gasteiger partial charge in [0, 0.05) is 6.61 Å². The van der Waals surface area contributed by atoms with Crippen molar-refractivity contribution in [3.05, 3.63) is 0 Å². The highest BCUT2D eigenvalue weighted by molar-refractivity contribution is 5.72. The van der Waals surface area contributed by atoms with Gasteiger partial charge in [-0.2, -0.15) is 0 Å². The van der Waals surface area contributed by atoms with Crippen LogP contribution in [0.15, 0.2) is 0 Å². The lowest BCUT2D eigenvalue weighted by atomic mass is 9.90. The Kier molecular flexibility index (Phi) is 7.24. The van der Waals surface area contributed by atoms with Gasteiger partial charge in [-0.1, -0.05) is 19.3 Å². The fraction of sp³-hybridized carbons (Fsp3) is 0.923. The van der Waals surface area contributed by atoms with Crippen molar-refractivity contribution in [3.8, 4) is 0 Å². The van der Waals surface area contributed by atoms with Crippen LogP contribution in [0.1, 0.15) is 39.0 Å². The maximum Gasteiger partial charge on any atom is 0.522 e. The third kappa shape index (κ3) is 8.11. The third-order valence-electron chi connectivity index (χ3n) is 3.64. The molecule has 2 amide bonds. The molecule has 3 N–H and O–H groups in total. The van der Waals surface area contributed by atoms with Gasteiger partial charge in [0.2, 0.25) is 0 Å². The Bertz CT molecular complexity index is 320. The molecule has 0 heterocycles. The van der Waals surface area contributed by atoms with E-state index in [1.54, 1.807) is 6.92 Å². The number of hydrogen-bond acceptors (Lipinski definition) is 3. The van der Waals surface area contributed by atoms with Gasteiger partial charge in [-0.3, -0.25) is 4.74 Å². The first-order valence-corrected chi connectivity index (χ1v) is 7.16. The fourth-order valence-electron chi connectivity index (χ4n) is 2.42. The van der Waals surface area contributed by atoms with Crippen LogP contribution in [0, 0.1) is 5.92 Å².